The molecule has 0 fully saturated rings. The molecule has 0 saturated carbocycles. The van der Waals surface area contributed by atoms with Gasteiger partial charge in [0.15, 0.2) is 0 Å². The molecule has 0 aliphatic carbocycles. The number of fused-ring (bicyclic) bond motifs is 3. The van der Waals surface area contributed by atoms with E-state index in [-0.39, 0.29) is 16.2 Å². The molecule has 0 saturated heterocycles. The smallest absolute Gasteiger partial charge is 0.0544 e. The summed E-state index contributed by atoms with van der Waals surface area (Å²) in [5, 5.41) is 6.90. The minimum atomic E-state index is -0.00344. The largest absolute Gasteiger partial charge is 0.355 e. The van der Waals surface area contributed by atoms with Crippen LogP contribution in [0.3, 0.4) is 0 Å². The predicted molar refractivity (Wildman–Crippen MR) is 177 cm³/mol. The Kier molecular flexibility index (Phi) is 6.86. The molecule has 1 heterocycles. The Morgan fingerprint density at radius 3 is 1.75 bits per heavy atom. The number of halogens is 1. The molecule has 0 bridgehead atoms. The van der Waals surface area contributed by atoms with Gasteiger partial charge < -0.3 is 10.3 Å². The van der Waals surface area contributed by atoms with Crippen LogP contribution in [0, 0.1) is 6.92 Å². The van der Waals surface area contributed by atoms with Gasteiger partial charge in [0.05, 0.1) is 5.52 Å². The Hall–Kier alpha value is -3.23. The Morgan fingerprint density at radius 2 is 1.15 bits per heavy atom. The summed E-state index contributed by atoms with van der Waals surface area (Å²) < 4.78 is 0. The molecule has 5 aromatic rings. The van der Waals surface area contributed by atoms with Crippen LogP contribution in [-0.4, -0.2) is 4.98 Å². The van der Waals surface area contributed by atoms with Crippen molar-refractivity contribution in [2.45, 2.75) is 85.5 Å². The van der Waals surface area contributed by atoms with E-state index in [0.29, 0.717) is 0 Å². The molecule has 0 aliphatic rings. The molecule has 0 spiro atoms. The first-order chi connectivity index (χ1) is 18.5. The minimum absolute atomic E-state index is 0.00344. The summed E-state index contributed by atoms with van der Waals surface area (Å²) in [6.45, 7) is 22.5. The Balaban J connectivity index is 1.70. The molecule has 4 aromatic carbocycles. The lowest BCUT2D eigenvalue weighted by Crippen LogP contribution is -2.11. The molecule has 2 N–H and O–H groups in total. The molecule has 0 radical (unpaired) electrons. The third-order valence-corrected chi connectivity index (χ3v) is 8.51. The van der Waals surface area contributed by atoms with Crippen molar-refractivity contribution in [1.29, 1.82) is 0 Å². The molecular formula is C37H43ClN2. The van der Waals surface area contributed by atoms with Crippen molar-refractivity contribution in [3.63, 3.8) is 0 Å². The summed E-state index contributed by atoms with van der Waals surface area (Å²) in [4.78, 5) is 3.78. The number of benzene rings is 4. The van der Waals surface area contributed by atoms with Crippen molar-refractivity contribution in [3.8, 4) is 11.1 Å². The van der Waals surface area contributed by atoms with Crippen LogP contribution in [0.4, 0.5) is 11.4 Å². The second kappa shape index (κ2) is 9.70. The number of hydrogen-bond acceptors (Lipinski definition) is 1. The standard InChI is InChI=1S/C37H43ClN2/c1-22-28(20-27(21-32(22)38)39-26-14-11-23(12-15-26)35(2,3)4)30-18-25(37(8,9)10)19-31-29-17-24(36(5,6)7)13-16-33(29)40-34(30)31/h11-21,39-40H,1-10H3. The first-order valence-electron chi connectivity index (χ1n) is 14.3. The van der Waals surface area contributed by atoms with Crippen LogP contribution < -0.4 is 5.32 Å². The third-order valence-electron chi connectivity index (χ3n) is 8.11. The van der Waals surface area contributed by atoms with Gasteiger partial charge >= 0.3 is 0 Å². The van der Waals surface area contributed by atoms with Crippen molar-refractivity contribution < 1.29 is 0 Å². The van der Waals surface area contributed by atoms with E-state index in [4.69, 9.17) is 11.6 Å². The normalized spacial score (nSPS) is 12.9. The van der Waals surface area contributed by atoms with Gasteiger partial charge in [0.1, 0.15) is 0 Å². The van der Waals surface area contributed by atoms with Crippen molar-refractivity contribution in [2.24, 2.45) is 0 Å². The Labute approximate surface area is 245 Å². The van der Waals surface area contributed by atoms with E-state index in [9.17, 15) is 0 Å². The van der Waals surface area contributed by atoms with Gasteiger partial charge in [-0.05, 0) is 99.5 Å². The van der Waals surface area contributed by atoms with E-state index in [2.05, 4.69) is 140 Å². The van der Waals surface area contributed by atoms with Gasteiger partial charge in [-0.1, -0.05) is 92.1 Å². The van der Waals surface area contributed by atoms with Gasteiger partial charge in [-0.15, -0.1) is 0 Å². The van der Waals surface area contributed by atoms with Crippen LogP contribution in [0.15, 0.2) is 66.7 Å². The van der Waals surface area contributed by atoms with Crippen molar-refractivity contribution in [2.75, 3.05) is 5.32 Å². The van der Waals surface area contributed by atoms with Crippen LogP contribution in [-0.2, 0) is 16.2 Å². The lowest BCUT2D eigenvalue weighted by molar-refractivity contribution is 0.590. The quantitative estimate of drug-likeness (QED) is 0.229. The monoisotopic (exact) mass is 550 g/mol. The Morgan fingerprint density at radius 1 is 0.575 bits per heavy atom. The zero-order chi connectivity index (χ0) is 29.2. The average molecular weight is 551 g/mol. The highest BCUT2D eigenvalue weighted by Crippen LogP contribution is 2.42. The maximum absolute atomic E-state index is 6.90. The molecule has 0 amide bonds. The molecule has 3 heteroatoms. The van der Waals surface area contributed by atoms with E-state index >= 15 is 0 Å². The number of H-pyrrole nitrogens is 1. The van der Waals surface area contributed by atoms with Crippen LogP contribution in [0.5, 0.6) is 0 Å². The summed E-state index contributed by atoms with van der Waals surface area (Å²) in [6.07, 6.45) is 0. The average Bonchev–Trinajstić information content (AvgIpc) is 3.22. The molecule has 2 nitrogen and oxygen atoms in total. The number of anilines is 2. The van der Waals surface area contributed by atoms with Crippen molar-refractivity contribution in [3.05, 3.63) is 94.0 Å². The van der Waals surface area contributed by atoms with Gasteiger partial charge in [0.25, 0.3) is 0 Å². The van der Waals surface area contributed by atoms with E-state index in [0.717, 1.165) is 38.6 Å². The fourth-order valence-electron chi connectivity index (χ4n) is 5.36. The predicted octanol–water partition coefficient (Wildman–Crippen LogP) is 11.6. The first-order valence-corrected chi connectivity index (χ1v) is 14.7. The summed E-state index contributed by atoms with van der Waals surface area (Å²) in [5.41, 5.74) is 11.9. The van der Waals surface area contributed by atoms with Crippen LogP contribution in [0.25, 0.3) is 32.9 Å². The number of aromatic amines is 1. The molecular weight excluding hydrogens is 508 g/mol. The van der Waals surface area contributed by atoms with E-state index < -0.39 is 0 Å². The fourth-order valence-corrected chi connectivity index (χ4v) is 5.58. The van der Waals surface area contributed by atoms with Gasteiger partial charge in [0, 0.05) is 38.3 Å². The highest BCUT2D eigenvalue weighted by atomic mass is 35.5. The molecule has 0 unspecified atom stereocenters. The molecule has 40 heavy (non-hydrogen) atoms. The summed E-state index contributed by atoms with van der Waals surface area (Å²) in [7, 11) is 0. The number of hydrogen-bond donors (Lipinski definition) is 2. The van der Waals surface area contributed by atoms with Crippen LogP contribution >= 0.6 is 11.6 Å². The second-order valence-corrected chi connectivity index (χ2v) is 14.8. The minimum Gasteiger partial charge on any atom is -0.355 e. The van der Waals surface area contributed by atoms with Crippen LogP contribution in [0.2, 0.25) is 5.02 Å². The number of nitrogens with one attached hydrogen (secondary N) is 2. The SMILES string of the molecule is Cc1c(Cl)cc(Nc2ccc(C(C)(C)C)cc2)cc1-c1cc(C(C)(C)C)cc2c1[nH]c1ccc(C(C)(C)C)cc12. The summed E-state index contributed by atoms with van der Waals surface area (Å²) >= 11 is 6.90. The van der Waals surface area contributed by atoms with Gasteiger partial charge in [-0.25, -0.2) is 0 Å². The lowest BCUT2D eigenvalue weighted by Gasteiger charge is -2.22. The summed E-state index contributed by atoms with van der Waals surface area (Å²) in [6, 6.07) is 24.5. The molecule has 5 rings (SSSR count). The van der Waals surface area contributed by atoms with Gasteiger partial charge in [0.2, 0.25) is 0 Å². The number of aromatic nitrogens is 1. The van der Waals surface area contributed by atoms with E-state index in [1.165, 1.54) is 33.0 Å². The highest BCUT2D eigenvalue weighted by molar-refractivity contribution is 6.32. The summed E-state index contributed by atoms with van der Waals surface area (Å²) in [5.74, 6) is 0. The molecule has 0 atom stereocenters. The fraction of sp³-hybridized carbons (Fsp3) is 0.351. The van der Waals surface area contributed by atoms with E-state index in [1.807, 2.05) is 6.07 Å². The van der Waals surface area contributed by atoms with Crippen LogP contribution in [0.1, 0.15) is 84.6 Å². The molecule has 208 valence electrons. The van der Waals surface area contributed by atoms with Crippen molar-refractivity contribution >= 4 is 44.8 Å². The van der Waals surface area contributed by atoms with Crippen molar-refractivity contribution in [1.82, 2.24) is 4.98 Å². The van der Waals surface area contributed by atoms with E-state index in [1.54, 1.807) is 0 Å². The highest BCUT2D eigenvalue weighted by Gasteiger charge is 2.22. The maximum atomic E-state index is 6.90. The number of rotatable bonds is 3. The van der Waals surface area contributed by atoms with Gasteiger partial charge in [-0.2, -0.15) is 0 Å². The zero-order valence-corrected chi connectivity index (χ0v) is 26.5. The first kappa shape index (κ1) is 28.3. The third kappa shape index (κ3) is 5.39. The maximum Gasteiger partial charge on any atom is 0.0544 e. The molecule has 1 aromatic heterocycles. The second-order valence-electron chi connectivity index (χ2n) is 14.4. The zero-order valence-electron chi connectivity index (χ0n) is 25.7. The lowest BCUT2D eigenvalue weighted by atomic mass is 9.83. The molecule has 0 aliphatic heterocycles. The topological polar surface area (TPSA) is 27.8 Å². The van der Waals surface area contributed by atoms with Gasteiger partial charge in [-0.3, -0.25) is 0 Å². The Bertz CT molecular complexity index is 1720.